The van der Waals surface area contributed by atoms with Crippen molar-refractivity contribution < 1.29 is 5.11 Å². The van der Waals surface area contributed by atoms with E-state index in [1.807, 2.05) is 0 Å². The van der Waals surface area contributed by atoms with Crippen LogP contribution in [0.25, 0.3) is 5.70 Å². The van der Waals surface area contributed by atoms with E-state index in [0.29, 0.717) is 12.2 Å². The minimum atomic E-state index is -0.564. The molecule has 0 aromatic carbocycles. The maximum absolute atomic E-state index is 10.1. The molecule has 1 heterocycles. The fourth-order valence-corrected chi connectivity index (χ4v) is 2.03. The van der Waals surface area contributed by atoms with Gasteiger partial charge < -0.3 is 10.4 Å². The summed E-state index contributed by atoms with van der Waals surface area (Å²) in [5.41, 5.74) is 0.878. The van der Waals surface area contributed by atoms with Crippen molar-refractivity contribution in [1.29, 1.82) is 0 Å². The van der Waals surface area contributed by atoms with Gasteiger partial charge in [0.2, 0.25) is 0 Å². The highest BCUT2D eigenvalue weighted by molar-refractivity contribution is 5.56. The molecule has 0 bridgehead atoms. The molecule has 0 spiro atoms. The molecule has 0 unspecified atom stereocenters. The SMILES string of the molecule is C=C(NCC1(O)CCCC1)c1cnccn1. The number of hydrogen-bond acceptors (Lipinski definition) is 4. The van der Waals surface area contributed by atoms with Gasteiger partial charge in [0.15, 0.2) is 0 Å². The second-order valence-electron chi connectivity index (χ2n) is 4.35. The van der Waals surface area contributed by atoms with Crippen molar-refractivity contribution in [2.24, 2.45) is 0 Å². The molecule has 0 saturated heterocycles. The number of nitrogens with one attached hydrogen (secondary N) is 1. The lowest BCUT2D eigenvalue weighted by molar-refractivity contribution is 0.0518. The topological polar surface area (TPSA) is 58.0 Å². The molecule has 1 aliphatic rings. The Kier molecular flexibility index (Phi) is 3.19. The van der Waals surface area contributed by atoms with Crippen molar-refractivity contribution in [3.05, 3.63) is 30.9 Å². The van der Waals surface area contributed by atoms with Crippen molar-refractivity contribution in [3.8, 4) is 0 Å². The van der Waals surface area contributed by atoms with Crippen LogP contribution in [-0.4, -0.2) is 27.2 Å². The third-order valence-electron chi connectivity index (χ3n) is 3.04. The smallest absolute Gasteiger partial charge is 0.104 e. The summed E-state index contributed by atoms with van der Waals surface area (Å²) in [6.07, 6.45) is 8.87. The first-order chi connectivity index (χ1) is 7.70. The lowest BCUT2D eigenvalue weighted by Crippen LogP contribution is -2.37. The first-order valence-electron chi connectivity index (χ1n) is 5.61. The van der Waals surface area contributed by atoms with E-state index in [4.69, 9.17) is 0 Å². The summed E-state index contributed by atoms with van der Waals surface area (Å²) in [5, 5.41) is 13.3. The van der Waals surface area contributed by atoms with E-state index in [1.165, 1.54) is 0 Å². The van der Waals surface area contributed by atoms with Crippen LogP contribution in [0.1, 0.15) is 31.4 Å². The third kappa shape index (κ3) is 2.58. The van der Waals surface area contributed by atoms with Crippen LogP contribution in [0.5, 0.6) is 0 Å². The van der Waals surface area contributed by atoms with Crippen molar-refractivity contribution in [3.63, 3.8) is 0 Å². The molecule has 0 amide bonds. The van der Waals surface area contributed by atoms with Crippen molar-refractivity contribution >= 4 is 5.70 Å². The molecule has 0 radical (unpaired) electrons. The monoisotopic (exact) mass is 219 g/mol. The minimum absolute atomic E-state index is 0.544. The molecule has 2 rings (SSSR count). The number of aromatic nitrogens is 2. The van der Waals surface area contributed by atoms with Gasteiger partial charge in [0, 0.05) is 18.9 Å². The van der Waals surface area contributed by atoms with Gasteiger partial charge >= 0.3 is 0 Å². The molecule has 0 atom stereocenters. The van der Waals surface area contributed by atoms with Crippen LogP contribution in [0.2, 0.25) is 0 Å². The van der Waals surface area contributed by atoms with Gasteiger partial charge in [-0.05, 0) is 12.8 Å². The predicted octanol–water partition coefficient (Wildman–Crippen LogP) is 1.34. The Bertz CT molecular complexity index is 358. The van der Waals surface area contributed by atoms with E-state index in [-0.39, 0.29) is 0 Å². The van der Waals surface area contributed by atoms with Gasteiger partial charge in [-0.1, -0.05) is 19.4 Å². The zero-order valence-electron chi connectivity index (χ0n) is 9.32. The molecule has 1 aliphatic carbocycles. The summed E-state index contributed by atoms with van der Waals surface area (Å²) in [6.45, 7) is 4.44. The highest BCUT2D eigenvalue weighted by Gasteiger charge is 2.30. The molecule has 4 heteroatoms. The van der Waals surface area contributed by atoms with Crippen LogP contribution in [0.15, 0.2) is 25.2 Å². The quantitative estimate of drug-likeness (QED) is 0.802. The second-order valence-corrected chi connectivity index (χ2v) is 4.35. The van der Waals surface area contributed by atoms with Crippen LogP contribution in [0, 0.1) is 0 Å². The van der Waals surface area contributed by atoms with Crippen LogP contribution in [0.4, 0.5) is 0 Å². The Morgan fingerprint density at radius 3 is 2.81 bits per heavy atom. The standard InChI is InChI=1S/C12H17N3O/c1-10(11-8-13-6-7-14-11)15-9-12(16)4-2-3-5-12/h6-8,15-16H,1-5,9H2. The first-order valence-corrected chi connectivity index (χ1v) is 5.61. The number of nitrogens with zero attached hydrogens (tertiary/aromatic N) is 2. The number of aliphatic hydroxyl groups is 1. The van der Waals surface area contributed by atoms with E-state index in [2.05, 4.69) is 21.9 Å². The Labute approximate surface area is 95.4 Å². The van der Waals surface area contributed by atoms with Crippen LogP contribution >= 0.6 is 0 Å². The molecule has 1 saturated carbocycles. The van der Waals surface area contributed by atoms with Crippen LogP contribution in [0.3, 0.4) is 0 Å². The van der Waals surface area contributed by atoms with Crippen molar-refractivity contribution in [2.75, 3.05) is 6.54 Å². The minimum Gasteiger partial charge on any atom is -0.388 e. The van der Waals surface area contributed by atoms with Gasteiger partial charge in [-0.15, -0.1) is 0 Å². The van der Waals surface area contributed by atoms with Gasteiger partial charge in [-0.3, -0.25) is 9.97 Å². The molecule has 0 aliphatic heterocycles. The summed E-state index contributed by atoms with van der Waals surface area (Å²) >= 11 is 0. The van der Waals surface area contributed by atoms with Gasteiger partial charge in [-0.2, -0.15) is 0 Å². The van der Waals surface area contributed by atoms with Crippen LogP contribution < -0.4 is 5.32 Å². The average molecular weight is 219 g/mol. The molecule has 1 aromatic rings. The summed E-state index contributed by atoms with van der Waals surface area (Å²) < 4.78 is 0. The highest BCUT2D eigenvalue weighted by Crippen LogP contribution is 2.28. The molecule has 16 heavy (non-hydrogen) atoms. The Balaban J connectivity index is 1.89. The fourth-order valence-electron chi connectivity index (χ4n) is 2.03. The highest BCUT2D eigenvalue weighted by atomic mass is 16.3. The Morgan fingerprint density at radius 2 is 2.19 bits per heavy atom. The maximum Gasteiger partial charge on any atom is 0.104 e. The Morgan fingerprint density at radius 1 is 1.44 bits per heavy atom. The first kappa shape index (κ1) is 11.1. The van der Waals surface area contributed by atoms with Crippen molar-refractivity contribution in [2.45, 2.75) is 31.3 Å². The normalized spacial score (nSPS) is 18.3. The molecule has 86 valence electrons. The van der Waals surface area contributed by atoms with E-state index >= 15 is 0 Å². The number of hydrogen-bond donors (Lipinski definition) is 2. The van der Waals surface area contributed by atoms with Gasteiger partial charge in [0.25, 0.3) is 0 Å². The van der Waals surface area contributed by atoms with E-state index in [9.17, 15) is 5.11 Å². The molecule has 1 aromatic heterocycles. The zero-order valence-corrected chi connectivity index (χ0v) is 9.32. The third-order valence-corrected chi connectivity index (χ3v) is 3.04. The molecular weight excluding hydrogens is 202 g/mol. The van der Waals surface area contributed by atoms with E-state index in [0.717, 1.165) is 31.4 Å². The zero-order chi connectivity index (χ0) is 11.4. The molecule has 1 fully saturated rings. The maximum atomic E-state index is 10.1. The predicted molar refractivity (Wildman–Crippen MR) is 62.5 cm³/mol. The summed E-state index contributed by atoms with van der Waals surface area (Å²) in [5.74, 6) is 0. The van der Waals surface area contributed by atoms with Gasteiger partial charge in [0.05, 0.1) is 17.5 Å². The average Bonchev–Trinajstić information content (AvgIpc) is 2.75. The van der Waals surface area contributed by atoms with E-state index < -0.39 is 5.60 Å². The molecule has 2 N–H and O–H groups in total. The second kappa shape index (κ2) is 4.61. The molecular formula is C12H17N3O. The van der Waals surface area contributed by atoms with E-state index in [1.54, 1.807) is 18.6 Å². The summed E-state index contributed by atoms with van der Waals surface area (Å²) in [7, 11) is 0. The lowest BCUT2D eigenvalue weighted by atomic mass is 10.0. The summed E-state index contributed by atoms with van der Waals surface area (Å²) in [4.78, 5) is 8.12. The van der Waals surface area contributed by atoms with Crippen LogP contribution in [-0.2, 0) is 0 Å². The van der Waals surface area contributed by atoms with Gasteiger partial charge in [0.1, 0.15) is 5.69 Å². The Hall–Kier alpha value is -1.42. The largest absolute Gasteiger partial charge is 0.388 e. The summed E-state index contributed by atoms with van der Waals surface area (Å²) in [6, 6.07) is 0. The fraction of sp³-hybridized carbons (Fsp3) is 0.500. The molecule has 4 nitrogen and oxygen atoms in total. The number of rotatable bonds is 4. The van der Waals surface area contributed by atoms with Crippen molar-refractivity contribution in [1.82, 2.24) is 15.3 Å². The lowest BCUT2D eigenvalue weighted by Gasteiger charge is -2.23. The van der Waals surface area contributed by atoms with Gasteiger partial charge in [-0.25, -0.2) is 0 Å².